The van der Waals surface area contributed by atoms with E-state index in [0.717, 1.165) is 12.1 Å². The Morgan fingerprint density at radius 2 is 1.90 bits per heavy atom. The fraction of sp³-hybridized carbons (Fsp3) is 0.333. The van der Waals surface area contributed by atoms with Crippen molar-refractivity contribution in [1.82, 2.24) is 10.2 Å². The molecule has 5 nitrogen and oxygen atoms in total. The van der Waals surface area contributed by atoms with Gasteiger partial charge in [-0.2, -0.15) is 13.2 Å². The number of benzene rings is 1. The fourth-order valence-corrected chi connectivity index (χ4v) is 1.48. The lowest BCUT2D eigenvalue weighted by Gasteiger charge is -2.07. The van der Waals surface area contributed by atoms with Gasteiger partial charge in [0.25, 0.3) is 0 Å². The predicted octanol–water partition coefficient (Wildman–Crippen LogP) is 2.72. The van der Waals surface area contributed by atoms with Crippen LogP contribution in [-0.4, -0.2) is 10.2 Å². The van der Waals surface area contributed by atoms with Crippen molar-refractivity contribution in [2.75, 3.05) is 5.32 Å². The zero-order valence-electron chi connectivity index (χ0n) is 10.6. The van der Waals surface area contributed by atoms with Gasteiger partial charge in [-0.15, -0.1) is 5.10 Å². The van der Waals surface area contributed by atoms with Crippen LogP contribution in [0.2, 0.25) is 0 Å². The number of nitrogens with one attached hydrogen (secondary N) is 1. The largest absolute Gasteiger partial charge is 0.416 e. The minimum atomic E-state index is -4.33. The zero-order valence-corrected chi connectivity index (χ0v) is 10.6. The Balaban J connectivity index is 1.97. The summed E-state index contributed by atoms with van der Waals surface area (Å²) in [7, 11) is 0. The highest BCUT2D eigenvalue weighted by Crippen LogP contribution is 2.29. The van der Waals surface area contributed by atoms with Crippen molar-refractivity contribution in [1.29, 1.82) is 0 Å². The number of hydrogen-bond acceptors (Lipinski definition) is 5. The molecule has 0 fully saturated rings. The lowest BCUT2D eigenvalue weighted by Crippen LogP contribution is -2.05. The number of nitrogens with two attached hydrogens (primary N) is 1. The molecule has 0 aliphatic heterocycles. The van der Waals surface area contributed by atoms with Crippen molar-refractivity contribution in [2.45, 2.75) is 25.7 Å². The molecule has 1 atom stereocenters. The van der Waals surface area contributed by atoms with Gasteiger partial charge in [-0.05, 0) is 24.6 Å². The third-order valence-corrected chi connectivity index (χ3v) is 2.56. The van der Waals surface area contributed by atoms with Gasteiger partial charge in [-0.3, -0.25) is 0 Å². The number of alkyl halides is 3. The van der Waals surface area contributed by atoms with Crippen LogP contribution < -0.4 is 11.1 Å². The first-order valence-electron chi connectivity index (χ1n) is 5.85. The van der Waals surface area contributed by atoms with Crippen LogP contribution in [0.4, 0.5) is 19.2 Å². The molecule has 0 aliphatic rings. The molecule has 0 spiro atoms. The molecule has 108 valence electrons. The van der Waals surface area contributed by atoms with E-state index >= 15 is 0 Å². The van der Waals surface area contributed by atoms with Gasteiger partial charge < -0.3 is 15.5 Å². The van der Waals surface area contributed by atoms with Crippen molar-refractivity contribution in [2.24, 2.45) is 5.73 Å². The van der Waals surface area contributed by atoms with Gasteiger partial charge >= 0.3 is 12.2 Å². The summed E-state index contributed by atoms with van der Waals surface area (Å²) in [4.78, 5) is 0. The van der Waals surface area contributed by atoms with E-state index in [9.17, 15) is 13.2 Å². The smallest absolute Gasteiger partial charge is 0.406 e. The number of hydrogen-bond donors (Lipinski definition) is 2. The molecule has 1 aromatic carbocycles. The summed E-state index contributed by atoms with van der Waals surface area (Å²) < 4.78 is 42.4. The van der Waals surface area contributed by atoms with Crippen LogP contribution in [0, 0.1) is 0 Å². The lowest BCUT2D eigenvalue weighted by molar-refractivity contribution is -0.137. The predicted molar refractivity (Wildman–Crippen MR) is 65.7 cm³/mol. The number of aromatic nitrogens is 2. The molecule has 1 aromatic heterocycles. The van der Waals surface area contributed by atoms with E-state index in [1.807, 2.05) is 0 Å². The summed E-state index contributed by atoms with van der Waals surface area (Å²) in [5.41, 5.74) is 5.54. The average molecular weight is 286 g/mol. The maximum Gasteiger partial charge on any atom is 0.416 e. The van der Waals surface area contributed by atoms with E-state index in [0.29, 0.717) is 11.5 Å². The van der Waals surface area contributed by atoms with E-state index in [1.54, 1.807) is 6.92 Å². The Morgan fingerprint density at radius 1 is 1.25 bits per heavy atom. The Labute approximate surface area is 113 Å². The Morgan fingerprint density at radius 3 is 2.40 bits per heavy atom. The maximum absolute atomic E-state index is 12.4. The summed E-state index contributed by atoms with van der Waals surface area (Å²) in [5.74, 6) is 0.292. The molecular weight excluding hydrogens is 273 g/mol. The molecule has 20 heavy (non-hydrogen) atoms. The molecule has 8 heteroatoms. The van der Waals surface area contributed by atoms with Gasteiger partial charge in [0, 0.05) is 6.54 Å². The molecule has 0 bridgehead atoms. The third-order valence-electron chi connectivity index (χ3n) is 2.56. The quantitative estimate of drug-likeness (QED) is 0.903. The van der Waals surface area contributed by atoms with Crippen molar-refractivity contribution < 1.29 is 17.6 Å². The van der Waals surface area contributed by atoms with Gasteiger partial charge in [0.05, 0.1) is 11.6 Å². The first kappa shape index (κ1) is 14.3. The molecular formula is C12H13F3N4O. The third kappa shape index (κ3) is 3.47. The molecule has 1 heterocycles. The van der Waals surface area contributed by atoms with Crippen LogP contribution in [0.3, 0.4) is 0 Å². The van der Waals surface area contributed by atoms with Crippen molar-refractivity contribution in [3.05, 3.63) is 41.3 Å². The molecule has 2 aromatic rings. The molecule has 1 unspecified atom stereocenters. The molecule has 0 saturated carbocycles. The van der Waals surface area contributed by atoms with Crippen molar-refractivity contribution >= 4 is 6.01 Å². The number of rotatable bonds is 4. The molecule has 2 rings (SSSR count). The van der Waals surface area contributed by atoms with Crippen LogP contribution in [-0.2, 0) is 12.7 Å². The molecule has 0 aliphatic carbocycles. The molecule has 0 amide bonds. The highest BCUT2D eigenvalue weighted by Gasteiger charge is 2.29. The molecule has 0 saturated heterocycles. The van der Waals surface area contributed by atoms with Gasteiger partial charge in [0.15, 0.2) is 0 Å². The first-order valence-corrected chi connectivity index (χ1v) is 5.85. The summed E-state index contributed by atoms with van der Waals surface area (Å²) in [6.07, 6.45) is -4.33. The second-order valence-corrected chi connectivity index (χ2v) is 4.28. The Bertz CT molecular complexity index is 563. The van der Waals surface area contributed by atoms with Gasteiger partial charge in [-0.1, -0.05) is 17.2 Å². The van der Waals surface area contributed by atoms with Crippen LogP contribution in [0.5, 0.6) is 0 Å². The Hall–Kier alpha value is -2.09. The molecule has 3 N–H and O–H groups in total. The minimum absolute atomic E-state index is 0.178. The summed E-state index contributed by atoms with van der Waals surface area (Å²) in [5, 5.41) is 10.3. The summed E-state index contributed by atoms with van der Waals surface area (Å²) in [6.45, 7) is 1.98. The number of nitrogens with zero attached hydrogens (tertiary/aromatic N) is 2. The number of anilines is 1. The number of halogens is 3. The van der Waals surface area contributed by atoms with Crippen molar-refractivity contribution in [3.8, 4) is 0 Å². The van der Waals surface area contributed by atoms with E-state index < -0.39 is 11.7 Å². The van der Waals surface area contributed by atoms with Crippen molar-refractivity contribution in [3.63, 3.8) is 0 Å². The molecule has 0 radical (unpaired) electrons. The SMILES string of the molecule is CC(N)c1nnc(NCc2ccc(C(F)(F)F)cc2)o1. The Kier molecular flexibility index (Phi) is 3.93. The van der Waals surface area contributed by atoms with E-state index in [2.05, 4.69) is 15.5 Å². The monoisotopic (exact) mass is 286 g/mol. The van der Waals surface area contributed by atoms with Crippen LogP contribution in [0.15, 0.2) is 28.7 Å². The van der Waals surface area contributed by atoms with Gasteiger partial charge in [0.2, 0.25) is 5.89 Å². The maximum atomic E-state index is 12.4. The second-order valence-electron chi connectivity index (χ2n) is 4.28. The highest BCUT2D eigenvalue weighted by molar-refractivity contribution is 5.28. The highest BCUT2D eigenvalue weighted by atomic mass is 19.4. The van der Waals surface area contributed by atoms with E-state index in [-0.39, 0.29) is 18.6 Å². The van der Waals surface area contributed by atoms with Crippen LogP contribution in [0.1, 0.15) is 30.0 Å². The topological polar surface area (TPSA) is 77.0 Å². The second kappa shape index (κ2) is 5.49. The van der Waals surface area contributed by atoms with Gasteiger partial charge in [-0.25, -0.2) is 0 Å². The van der Waals surface area contributed by atoms with Crippen LogP contribution >= 0.6 is 0 Å². The van der Waals surface area contributed by atoms with E-state index in [4.69, 9.17) is 10.2 Å². The average Bonchev–Trinajstić information content (AvgIpc) is 2.85. The van der Waals surface area contributed by atoms with Crippen LogP contribution in [0.25, 0.3) is 0 Å². The first-order chi connectivity index (χ1) is 9.36. The summed E-state index contributed by atoms with van der Waals surface area (Å²) >= 11 is 0. The van der Waals surface area contributed by atoms with Gasteiger partial charge in [0.1, 0.15) is 0 Å². The summed E-state index contributed by atoms with van der Waals surface area (Å²) in [6, 6.07) is 4.63. The standard InChI is InChI=1S/C12H13F3N4O/c1-7(16)10-18-19-11(20-10)17-6-8-2-4-9(5-3-8)12(13,14)15/h2-5,7H,6,16H2,1H3,(H,17,19). The zero-order chi connectivity index (χ0) is 14.8. The normalized spacial score (nSPS) is 13.2. The fourth-order valence-electron chi connectivity index (χ4n) is 1.48. The minimum Gasteiger partial charge on any atom is -0.406 e. The lowest BCUT2D eigenvalue weighted by atomic mass is 10.1. The van der Waals surface area contributed by atoms with E-state index in [1.165, 1.54) is 12.1 Å².